The van der Waals surface area contributed by atoms with Crippen molar-refractivity contribution in [3.05, 3.63) is 48.0 Å². The van der Waals surface area contributed by atoms with E-state index in [-0.39, 0.29) is 36.1 Å². The minimum atomic E-state index is -4.68. The molecule has 8 nitrogen and oxygen atoms in total. The van der Waals surface area contributed by atoms with Crippen LogP contribution >= 0.6 is 0 Å². The standard InChI is InChI=1S/C20H21F3N2O5S.C3H6O/c1-19(2,3)30-18(26)24-14-7-8-17-16(12-14)25(9-10-29-17)31(27,28)15-6-4-5-13(11-15)20(21,22)23;1-3(2)4/h4-8,11-12H,9-10H2,1-3H3,(H,24,26);1-2H3. The average Bonchev–Trinajstić information content (AvgIpc) is 2.71. The van der Waals surface area contributed by atoms with Gasteiger partial charge in [0.15, 0.2) is 0 Å². The fraction of sp³-hybridized carbons (Fsp3) is 0.391. The molecule has 2 aromatic carbocycles. The van der Waals surface area contributed by atoms with Gasteiger partial charge >= 0.3 is 12.3 Å². The molecule has 0 atom stereocenters. The molecule has 0 saturated carbocycles. The van der Waals surface area contributed by atoms with Gasteiger partial charge in [-0.3, -0.25) is 9.62 Å². The summed E-state index contributed by atoms with van der Waals surface area (Å²) in [5.74, 6) is 0.386. The average molecular weight is 517 g/mol. The smallest absolute Gasteiger partial charge is 0.416 e. The van der Waals surface area contributed by atoms with Crippen LogP contribution in [-0.2, 0) is 25.7 Å². The number of sulfonamides is 1. The van der Waals surface area contributed by atoms with Crippen LogP contribution in [0.5, 0.6) is 5.75 Å². The summed E-state index contributed by atoms with van der Waals surface area (Å²) in [6, 6.07) is 7.87. The number of halogens is 3. The second kappa shape index (κ2) is 10.5. The van der Waals surface area contributed by atoms with Gasteiger partial charge in [0.2, 0.25) is 0 Å². The summed E-state index contributed by atoms with van der Waals surface area (Å²) in [6.07, 6.45) is -5.42. The number of hydrogen-bond acceptors (Lipinski definition) is 6. The van der Waals surface area contributed by atoms with Crippen LogP contribution in [0, 0.1) is 0 Å². The quantitative estimate of drug-likeness (QED) is 0.599. The van der Waals surface area contributed by atoms with Crippen molar-refractivity contribution in [2.45, 2.75) is 51.3 Å². The third kappa shape index (κ3) is 7.88. The first kappa shape index (κ1) is 28.0. The zero-order valence-electron chi connectivity index (χ0n) is 19.9. The number of nitrogens with one attached hydrogen (secondary N) is 1. The molecule has 1 aliphatic heterocycles. The van der Waals surface area contributed by atoms with Crippen molar-refractivity contribution >= 4 is 33.3 Å². The van der Waals surface area contributed by atoms with Gasteiger partial charge in [0.25, 0.3) is 10.0 Å². The summed E-state index contributed by atoms with van der Waals surface area (Å²) < 4.78 is 77.0. The minimum Gasteiger partial charge on any atom is -0.489 e. The van der Waals surface area contributed by atoms with Gasteiger partial charge in [-0.1, -0.05) is 6.07 Å². The van der Waals surface area contributed by atoms with Crippen molar-refractivity contribution in [2.24, 2.45) is 0 Å². The predicted molar refractivity (Wildman–Crippen MR) is 124 cm³/mol. The van der Waals surface area contributed by atoms with Gasteiger partial charge in [-0.2, -0.15) is 13.2 Å². The Hall–Kier alpha value is -3.28. The molecule has 1 amide bonds. The Bertz CT molecular complexity index is 1190. The SMILES string of the molecule is CC(C)(C)OC(=O)Nc1ccc2c(c1)N(S(=O)(=O)c1cccc(C(F)(F)F)c1)CCO2.CC(C)=O. The lowest BCUT2D eigenvalue weighted by molar-refractivity contribution is -0.137. The van der Waals surface area contributed by atoms with E-state index >= 15 is 0 Å². The summed E-state index contributed by atoms with van der Waals surface area (Å²) in [5, 5.41) is 2.50. The van der Waals surface area contributed by atoms with Gasteiger partial charge < -0.3 is 14.3 Å². The summed E-state index contributed by atoms with van der Waals surface area (Å²) >= 11 is 0. The summed E-state index contributed by atoms with van der Waals surface area (Å²) in [7, 11) is -4.32. The fourth-order valence-electron chi connectivity index (χ4n) is 2.90. The van der Waals surface area contributed by atoms with E-state index in [4.69, 9.17) is 9.47 Å². The Balaban J connectivity index is 0.00000100. The van der Waals surface area contributed by atoms with E-state index in [1.54, 1.807) is 20.8 Å². The number of hydrogen-bond donors (Lipinski definition) is 1. The number of ketones is 1. The lowest BCUT2D eigenvalue weighted by atomic mass is 10.2. The van der Waals surface area contributed by atoms with Crippen LogP contribution in [0.25, 0.3) is 0 Å². The molecule has 0 fully saturated rings. The van der Waals surface area contributed by atoms with E-state index in [2.05, 4.69) is 5.32 Å². The number of Topliss-reactive ketones (excluding diaryl/α,β-unsaturated/α-hetero) is 1. The highest BCUT2D eigenvalue weighted by Crippen LogP contribution is 2.38. The van der Waals surface area contributed by atoms with Crippen molar-refractivity contribution < 1.29 is 40.7 Å². The summed E-state index contributed by atoms with van der Waals surface area (Å²) in [5.41, 5.74) is -1.47. The Kier molecular flexibility index (Phi) is 8.43. The molecule has 0 saturated heterocycles. The molecular weight excluding hydrogens is 489 g/mol. The number of ether oxygens (including phenoxy) is 2. The molecule has 0 aliphatic carbocycles. The highest BCUT2D eigenvalue weighted by molar-refractivity contribution is 7.92. The molecule has 1 heterocycles. The third-order valence-electron chi connectivity index (χ3n) is 4.17. The van der Waals surface area contributed by atoms with E-state index in [0.29, 0.717) is 6.07 Å². The molecule has 3 rings (SSSR count). The largest absolute Gasteiger partial charge is 0.489 e. The summed E-state index contributed by atoms with van der Waals surface area (Å²) in [6.45, 7) is 8.04. The molecule has 0 spiro atoms. The monoisotopic (exact) mass is 516 g/mol. The first-order valence-corrected chi connectivity index (χ1v) is 11.9. The van der Waals surface area contributed by atoms with Crippen LogP contribution in [0.3, 0.4) is 0 Å². The molecule has 35 heavy (non-hydrogen) atoms. The zero-order chi connectivity index (χ0) is 26.6. The molecule has 2 aromatic rings. The topological polar surface area (TPSA) is 102 Å². The van der Waals surface area contributed by atoms with Gasteiger partial charge in [-0.25, -0.2) is 13.2 Å². The zero-order valence-corrected chi connectivity index (χ0v) is 20.7. The molecule has 192 valence electrons. The number of carbonyl (C=O) groups excluding carboxylic acids is 2. The van der Waals surface area contributed by atoms with Crippen molar-refractivity contribution in [1.29, 1.82) is 0 Å². The van der Waals surface area contributed by atoms with Gasteiger partial charge in [0.1, 0.15) is 23.7 Å². The molecular formula is C23H27F3N2O6S. The number of carbonyl (C=O) groups is 2. The van der Waals surface area contributed by atoms with Crippen LogP contribution in [0.15, 0.2) is 47.4 Å². The third-order valence-corrected chi connectivity index (χ3v) is 5.98. The number of alkyl halides is 3. The van der Waals surface area contributed by atoms with E-state index in [1.165, 1.54) is 32.0 Å². The maximum atomic E-state index is 13.1. The normalized spacial score (nSPS) is 13.5. The number of fused-ring (bicyclic) bond motifs is 1. The van der Waals surface area contributed by atoms with Gasteiger partial charge in [0.05, 0.1) is 22.7 Å². The lowest BCUT2D eigenvalue weighted by Gasteiger charge is -2.31. The minimum absolute atomic E-state index is 0.0179. The highest BCUT2D eigenvalue weighted by atomic mass is 32.2. The maximum Gasteiger partial charge on any atom is 0.416 e. The number of anilines is 2. The Morgan fingerprint density at radius 1 is 1.06 bits per heavy atom. The predicted octanol–water partition coefficient (Wildman–Crippen LogP) is 5.24. The van der Waals surface area contributed by atoms with Crippen molar-refractivity contribution in [1.82, 2.24) is 0 Å². The van der Waals surface area contributed by atoms with Gasteiger partial charge in [0, 0.05) is 5.69 Å². The molecule has 12 heteroatoms. The van der Waals surface area contributed by atoms with Gasteiger partial charge in [-0.15, -0.1) is 0 Å². The molecule has 0 radical (unpaired) electrons. The number of rotatable bonds is 3. The number of benzene rings is 2. The first-order chi connectivity index (χ1) is 16.0. The fourth-order valence-corrected chi connectivity index (χ4v) is 4.40. The first-order valence-electron chi connectivity index (χ1n) is 10.4. The second-order valence-electron chi connectivity index (χ2n) is 8.67. The highest BCUT2D eigenvalue weighted by Gasteiger charge is 2.35. The van der Waals surface area contributed by atoms with Crippen molar-refractivity contribution in [3.8, 4) is 5.75 Å². The molecule has 1 aliphatic rings. The maximum absolute atomic E-state index is 13.1. The van der Waals surface area contributed by atoms with E-state index < -0.39 is 38.4 Å². The molecule has 0 unspecified atom stereocenters. The van der Waals surface area contributed by atoms with Crippen molar-refractivity contribution in [3.63, 3.8) is 0 Å². The Morgan fingerprint density at radius 3 is 2.26 bits per heavy atom. The van der Waals surface area contributed by atoms with E-state index in [9.17, 15) is 31.2 Å². The number of amides is 1. The van der Waals surface area contributed by atoms with Crippen LogP contribution < -0.4 is 14.4 Å². The molecule has 0 bridgehead atoms. The Labute approximate surface area is 202 Å². The Morgan fingerprint density at radius 2 is 1.69 bits per heavy atom. The van der Waals surface area contributed by atoms with Crippen LogP contribution in [-0.4, -0.2) is 39.0 Å². The lowest BCUT2D eigenvalue weighted by Crippen LogP contribution is -2.38. The van der Waals surface area contributed by atoms with Crippen LogP contribution in [0.2, 0.25) is 0 Å². The number of nitrogens with zero attached hydrogens (tertiary/aromatic N) is 1. The van der Waals surface area contributed by atoms with Crippen molar-refractivity contribution in [2.75, 3.05) is 22.8 Å². The van der Waals surface area contributed by atoms with E-state index in [1.807, 2.05) is 0 Å². The molecule has 0 aromatic heterocycles. The van der Waals surface area contributed by atoms with Gasteiger partial charge in [-0.05, 0) is 71.0 Å². The van der Waals surface area contributed by atoms with Crippen LogP contribution in [0.1, 0.15) is 40.2 Å². The summed E-state index contributed by atoms with van der Waals surface area (Å²) in [4.78, 5) is 21.0. The molecule has 1 N–H and O–H groups in total. The van der Waals surface area contributed by atoms with E-state index in [0.717, 1.165) is 22.5 Å². The van der Waals surface area contributed by atoms with Crippen LogP contribution in [0.4, 0.5) is 29.3 Å². The second-order valence-corrected chi connectivity index (χ2v) is 10.5.